The Labute approximate surface area is 108 Å². The van der Waals surface area contributed by atoms with Gasteiger partial charge in [0.2, 0.25) is 0 Å². The van der Waals surface area contributed by atoms with E-state index in [-0.39, 0.29) is 0 Å². The lowest BCUT2D eigenvalue weighted by molar-refractivity contribution is -0.141. The van der Waals surface area contributed by atoms with Gasteiger partial charge >= 0.3 is 5.97 Å². The Kier molecular flexibility index (Phi) is 3.68. The van der Waals surface area contributed by atoms with Crippen LogP contribution in [0.2, 0.25) is 0 Å². The average molecular weight is 269 g/mol. The molecular formula is C12H15NO4S. The van der Waals surface area contributed by atoms with Crippen molar-refractivity contribution in [3.63, 3.8) is 0 Å². The molecule has 1 aliphatic rings. The van der Waals surface area contributed by atoms with E-state index >= 15 is 0 Å². The maximum Gasteiger partial charge on any atom is 0.328 e. The molecular weight excluding hydrogens is 254 g/mol. The molecule has 1 aromatic rings. The van der Waals surface area contributed by atoms with Crippen LogP contribution in [0.15, 0.2) is 6.07 Å². The highest BCUT2D eigenvalue weighted by atomic mass is 32.1. The van der Waals surface area contributed by atoms with Crippen molar-refractivity contribution in [1.29, 1.82) is 0 Å². The first kappa shape index (κ1) is 13.0. The second-order valence-electron chi connectivity index (χ2n) is 4.44. The van der Waals surface area contributed by atoms with Crippen molar-refractivity contribution in [3.05, 3.63) is 21.4 Å². The Hall–Kier alpha value is -1.40. The summed E-state index contributed by atoms with van der Waals surface area (Å²) in [5.41, 5.74) is 1.19. The quantitative estimate of drug-likeness (QED) is 0.754. The maximum absolute atomic E-state index is 11.9. The number of carboxylic acids is 1. The Balaban J connectivity index is 2.09. The molecule has 98 valence electrons. The van der Waals surface area contributed by atoms with Crippen LogP contribution in [0.4, 0.5) is 0 Å². The van der Waals surface area contributed by atoms with Gasteiger partial charge in [0.25, 0.3) is 5.91 Å². The summed E-state index contributed by atoms with van der Waals surface area (Å²) in [4.78, 5) is 24.5. The van der Waals surface area contributed by atoms with Crippen molar-refractivity contribution >= 4 is 23.2 Å². The number of aryl methyl sites for hydroxylation is 2. The molecule has 3 N–H and O–H groups in total. The van der Waals surface area contributed by atoms with Gasteiger partial charge in [-0.1, -0.05) is 0 Å². The van der Waals surface area contributed by atoms with Crippen LogP contribution in [0.3, 0.4) is 0 Å². The van der Waals surface area contributed by atoms with Gasteiger partial charge in [0.15, 0.2) is 6.04 Å². The molecule has 0 fully saturated rings. The van der Waals surface area contributed by atoms with Crippen molar-refractivity contribution in [1.82, 2.24) is 5.32 Å². The zero-order valence-corrected chi connectivity index (χ0v) is 10.8. The van der Waals surface area contributed by atoms with Gasteiger partial charge in [0.05, 0.1) is 11.0 Å². The Morgan fingerprint density at radius 2 is 2.17 bits per heavy atom. The van der Waals surface area contributed by atoms with Crippen molar-refractivity contribution in [3.8, 4) is 0 Å². The predicted molar refractivity (Wildman–Crippen MR) is 66.9 cm³/mol. The number of carbonyl (C=O) groups excluding carboxylic acids is 1. The van der Waals surface area contributed by atoms with Gasteiger partial charge in [-0.2, -0.15) is 0 Å². The Bertz CT molecular complexity index is 459. The number of hydrogen-bond donors (Lipinski definition) is 3. The fourth-order valence-electron chi connectivity index (χ4n) is 2.04. The number of thiophene rings is 1. The van der Waals surface area contributed by atoms with Crippen molar-refractivity contribution in [2.75, 3.05) is 0 Å². The lowest BCUT2D eigenvalue weighted by Crippen LogP contribution is -2.47. The summed E-state index contributed by atoms with van der Waals surface area (Å²) in [6.45, 7) is 1.34. The van der Waals surface area contributed by atoms with E-state index in [1.54, 1.807) is 0 Å². The zero-order chi connectivity index (χ0) is 13.3. The van der Waals surface area contributed by atoms with E-state index in [1.807, 2.05) is 6.07 Å². The number of nitrogens with one attached hydrogen (secondary N) is 1. The molecule has 2 unspecified atom stereocenters. The number of carboxylic acid groups (broad SMARTS) is 1. The molecule has 5 nitrogen and oxygen atoms in total. The second kappa shape index (κ2) is 5.07. The summed E-state index contributed by atoms with van der Waals surface area (Å²) < 4.78 is 0. The molecule has 0 aliphatic heterocycles. The first-order valence-electron chi connectivity index (χ1n) is 5.82. The molecule has 0 radical (unpaired) electrons. The van der Waals surface area contributed by atoms with Gasteiger partial charge in [-0.25, -0.2) is 4.79 Å². The van der Waals surface area contributed by atoms with Gasteiger partial charge in [-0.15, -0.1) is 11.3 Å². The molecule has 1 amide bonds. The van der Waals surface area contributed by atoms with Crippen molar-refractivity contribution < 1.29 is 19.8 Å². The molecule has 0 aromatic carbocycles. The molecule has 1 aliphatic carbocycles. The third-order valence-corrected chi connectivity index (χ3v) is 4.24. The van der Waals surface area contributed by atoms with E-state index in [0.29, 0.717) is 4.88 Å². The normalized spacial score (nSPS) is 17.0. The van der Waals surface area contributed by atoms with E-state index in [2.05, 4.69) is 5.32 Å². The minimum absolute atomic E-state index is 0.428. The fraction of sp³-hybridized carbons (Fsp3) is 0.500. The van der Waals surface area contributed by atoms with E-state index in [1.165, 1.54) is 28.7 Å². The summed E-state index contributed by atoms with van der Waals surface area (Å²) in [6.07, 6.45) is 1.97. The van der Waals surface area contributed by atoms with Crippen LogP contribution in [0.25, 0.3) is 0 Å². The lowest BCUT2D eigenvalue weighted by Gasteiger charge is -2.16. The smallest absolute Gasteiger partial charge is 0.328 e. The van der Waals surface area contributed by atoms with Crippen LogP contribution < -0.4 is 5.32 Å². The van der Waals surface area contributed by atoms with Crippen LogP contribution in [0.5, 0.6) is 0 Å². The van der Waals surface area contributed by atoms with E-state index in [9.17, 15) is 14.7 Å². The Morgan fingerprint density at radius 1 is 1.44 bits per heavy atom. The van der Waals surface area contributed by atoms with Crippen LogP contribution in [-0.2, 0) is 17.6 Å². The third kappa shape index (κ3) is 2.54. The predicted octanol–water partition coefficient (Wildman–Crippen LogP) is 0.801. The molecule has 2 atom stereocenters. The molecule has 0 bridgehead atoms. The SMILES string of the molecule is CC(O)C(NC(=O)c1cc2c(s1)CCC2)C(=O)O. The number of aliphatic hydroxyl groups excluding tert-OH is 1. The molecule has 0 spiro atoms. The third-order valence-electron chi connectivity index (χ3n) is 3.01. The highest BCUT2D eigenvalue weighted by molar-refractivity contribution is 7.14. The van der Waals surface area contributed by atoms with Crippen molar-refractivity contribution in [2.24, 2.45) is 0 Å². The summed E-state index contributed by atoms with van der Waals surface area (Å²) >= 11 is 1.41. The summed E-state index contributed by atoms with van der Waals surface area (Å²) in [6, 6.07) is 0.554. The monoisotopic (exact) mass is 269 g/mol. The first-order valence-corrected chi connectivity index (χ1v) is 6.64. The molecule has 6 heteroatoms. The van der Waals surface area contributed by atoms with Crippen LogP contribution in [0.1, 0.15) is 33.5 Å². The first-order chi connectivity index (χ1) is 8.49. The number of hydrogen-bond acceptors (Lipinski definition) is 4. The van der Waals surface area contributed by atoms with Crippen LogP contribution in [0, 0.1) is 0 Å². The van der Waals surface area contributed by atoms with Gasteiger partial charge in [0, 0.05) is 4.88 Å². The van der Waals surface area contributed by atoms with Gasteiger partial charge < -0.3 is 15.5 Å². The number of aliphatic carboxylic acids is 1. The molecule has 18 heavy (non-hydrogen) atoms. The summed E-state index contributed by atoms with van der Waals surface area (Å²) in [7, 11) is 0. The maximum atomic E-state index is 11.9. The molecule has 2 rings (SSSR count). The molecule has 0 saturated heterocycles. The van der Waals surface area contributed by atoms with E-state index in [4.69, 9.17) is 5.11 Å². The molecule has 0 saturated carbocycles. The van der Waals surface area contributed by atoms with Gasteiger partial charge in [-0.05, 0) is 37.8 Å². The van der Waals surface area contributed by atoms with Gasteiger partial charge in [-0.3, -0.25) is 4.79 Å². The standard InChI is InChI=1S/C12H15NO4S/c1-6(14)10(12(16)17)13-11(15)9-5-7-3-2-4-8(7)18-9/h5-6,10,14H,2-4H2,1H3,(H,13,15)(H,16,17). The fourth-order valence-corrected chi connectivity index (χ4v) is 3.20. The number of aliphatic hydroxyl groups is 1. The topological polar surface area (TPSA) is 86.6 Å². The van der Waals surface area contributed by atoms with Crippen LogP contribution >= 0.6 is 11.3 Å². The minimum Gasteiger partial charge on any atom is -0.480 e. The second-order valence-corrected chi connectivity index (χ2v) is 5.58. The highest BCUT2D eigenvalue weighted by Crippen LogP contribution is 2.30. The zero-order valence-electron chi connectivity index (χ0n) is 9.97. The lowest BCUT2D eigenvalue weighted by atomic mass is 10.2. The van der Waals surface area contributed by atoms with E-state index in [0.717, 1.165) is 19.3 Å². The number of fused-ring (bicyclic) bond motifs is 1. The summed E-state index contributed by atoms with van der Waals surface area (Å²) in [5.74, 6) is -1.66. The Morgan fingerprint density at radius 3 is 2.72 bits per heavy atom. The number of carbonyl (C=O) groups is 2. The van der Waals surface area contributed by atoms with E-state index < -0.39 is 24.0 Å². The molecule has 1 aromatic heterocycles. The minimum atomic E-state index is -1.27. The molecule has 1 heterocycles. The summed E-state index contributed by atoms with van der Waals surface area (Å²) in [5, 5.41) is 20.5. The van der Waals surface area contributed by atoms with Crippen LogP contribution in [-0.4, -0.2) is 34.2 Å². The highest BCUT2D eigenvalue weighted by Gasteiger charge is 2.27. The van der Waals surface area contributed by atoms with Crippen molar-refractivity contribution in [2.45, 2.75) is 38.3 Å². The number of rotatable bonds is 4. The number of amides is 1. The average Bonchev–Trinajstić information content (AvgIpc) is 2.84. The van der Waals surface area contributed by atoms with Gasteiger partial charge in [0.1, 0.15) is 0 Å². The largest absolute Gasteiger partial charge is 0.480 e.